The predicted octanol–water partition coefficient (Wildman–Crippen LogP) is 6.71. The normalized spacial score (nSPS) is 19.8. The van der Waals surface area contributed by atoms with Crippen molar-refractivity contribution in [2.24, 2.45) is 23.7 Å². The van der Waals surface area contributed by atoms with Gasteiger partial charge in [-0.15, -0.1) is 0 Å². The second kappa shape index (κ2) is 16.2. The summed E-state index contributed by atoms with van der Waals surface area (Å²) < 4.78 is 81.6. The molecule has 4 aliphatic rings. The second-order valence-corrected chi connectivity index (χ2v) is 25.7. The number of sulfone groups is 2. The maximum atomic E-state index is 13.1. The Labute approximate surface area is 346 Å². The first kappa shape index (κ1) is 43.2. The van der Waals surface area contributed by atoms with Crippen LogP contribution in [0.3, 0.4) is 0 Å². The van der Waals surface area contributed by atoms with Gasteiger partial charge in [-0.3, -0.25) is 0 Å². The van der Waals surface area contributed by atoms with E-state index in [0.717, 1.165) is 78.7 Å². The summed E-state index contributed by atoms with van der Waals surface area (Å²) in [7, 11) is -9.96. The van der Waals surface area contributed by atoms with Crippen LogP contribution in [0.1, 0.15) is 105 Å². The number of benzene rings is 2. The molecule has 8 rings (SSSR count). The molecule has 2 saturated carbocycles. The van der Waals surface area contributed by atoms with Crippen molar-refractivity contribution < 1.29 is 25.3 Å². The predicted molar refractivity (Wildman–Crippen MR) is 231 cm³/mol. The molecule has 2 aliphatic carbocycles. The molecule has 2 aromatic carbocycles. The molecule has 4 aromatic rings. The third-order valence-electron chi connectivity index (χ3n) is 12.2. The number of sulfonamides is 1. The van der Waals surface area contributed by atoms with E-state index >= 15 is 0 Å². The van der Waals surface area contributed by atoms with Gasteiger partial charge in [0.15, 0.2) is 19.7 Å². The van der Waals surface area contributed by atoms with Crippen LogP contribution in [0.2, 0.25) is 0 Å². The monoisotopic (exact) mass is 856 g/mol. The number of hydrogen-bond donors (Lipinski definition) is 1. The summed E-state index contributed by atoms with van der Waals surface area (Å²) in [6.45, 7) is 17.5. The lowest BCUT2D eigenvalue weighted by atomic mass is 9.95. The van der Waals surface area contributed by atoms with Gasteiger partial charge in [0, 0.05) is 37.0 Å². The van der Waals surface area contributed by atoms with E-state index in [0.29, 0.717) is 41.6 Å². The van der Waals surface area contributed by atoms with Crippen molar-refractivity contribution in [3.05, 3.63) is 48.0 Å². The quantitative estimate of drug-likeness (QED) is 0.174. The fourth-order valence-electron chi connectivity index (χ4n) is 8.51. The van der Waals surface area contributed by atoms with Crippen molar-refractivity contribution in [3.8, 4) is 0 Å². The minimum absolute atomic E-state index is 0.0312. The topological polar surface area (TPSA) is 153 Å². The fourth-order valence-corrected chi connectivity index (χ4v) is 12.8. The lowest BCUT2D eigenvalue weighted by molar-refractivity contribution is 0.290. The highest BCUT2D eigenvalue weighted by molar-refractivity contribution is 7.91. The van der Waals surface area contributed by atoms with Crippen LogP contribution in [0, 0.1) is 23.7 Å². The van der Waals surface area contributed by atoms with Gasteiger partial charge < -0.3 is 14.5 Å². The average molecular weight is 857 g/mol. The van der Waals surface area contributed by atoms with Gasteiger partial charge in [0.1, 0.15) is 11.6 Å². The van der Waals surface area contributed by atoms with Gasteiger partial charge in [0.05, 0.1) is 49.6 Å². The minimum atomic E-state index is -3.47. The number of rotatable bonds is 11. The molecule has 2 aliphatic heterocycles. The molecule has 58 heavy (non-hydrogen) atoms. The van der Waals surface area contributed by atoms with Gasteiger partial charge in [-0.25, -0.2) is 39.5 Å². The highest BCUT2D eigenvalue weighted by Gasteiger charge is 2.33. The number of hydrogen-bond acceptors (Lipinski definition) is 9. The largest absolute Gasteiger partial charge is 0.327 e. The van der Waals surface area contributed by atoms with E-state index in [1.807, 2.05) is 12.1 Å². The molecular weight excluding hydrogens is 793 g/mol. The van der Waals surface area contributed by atoms with Gasteiger partial charge in [-0.2, -0.15) is 0 Å². The van der Waals surface area contributed by atoms with E-state index in [-0.39, 0.29) is 34.2 Å². The molecule has 320 valence electrons. The highest BCUT2D eigenvalue weighted by Crippen LogP contribution is 2.37. The van der Waals surface area contributed by atoms with E-state index in [1.165, 1.54) is 36.2 Å². The Balaban J connectivity index is 0.000000178. The van der Waals surface area contributed by atoms with Crippen LogP contribution in [-0.2, 0) is 53.6 Å². The van der Waals surface area contributed by atoms with E-state index in [9.17, 15) is 25.3 Å². The number of aromatic nitrogens is 4. The Morgan fingerprint density at radius 2 is 0.983 bits per heavy atom. The molecule has 0 radical (unpaired) electrons. The number of fused-ring (bicyclic) bond motifs is 2. The molecular formula is C43H64N6O6S3. The molecule has 0 amide bonds. The van der Waals surface area contributed by atoms with Gasteiger partial charge in [-0.1, -0.05) is 41.5 Å². The van der Waals surface area contributed by atoms with Gasteiger partial charge in [0.2, 0.25) is 10.0 Å². The van der Waals surface area contributed by atoms with Crippen LogP contribution >= 0.6 is 0 Å². The van der Waals surface area contributed by atoms with Crippen LogP contribution in [0.25, 0.3) is 22.1 Å². The summed E-state index contributed by atoms with van der Waals surface area (Å²) in [5, 5.41) is 3.30. The molecule has 4 heterocycles. The molecule has 1 N–H and O–H groups in total. The zero-order valence-corrected chi connectivity index (χ0v) is 37.9. The molecule has 2 aromatic heterocycles. The molecule has 12 nitrogen and oxygen atoms in total. The van der Waals surface area contributed by atoms with E-state index in [1.54, 1.807) is 24.3 Å². The number of nitrogens with zero attached hydrogens (tertiary/aromatic N) is 5. The Kier molecular flexibility index (Phi) is 12.1. The van der Waals surface area contributed by atoms with Crippen molar-refractivity contribution >= 4 is 51.8 Å². The molecule has 2 saturated heterocycles. The first-order chi connectivity index (χ1) is 27.1. The Morgan fingerprint density at radius 1 is 0.586 bits per heavy atom. The lowest BCUT2D eigenvalue weighted by Gasteiger charge is -2.29. The summed E-state index contributed by atoms with van der Waals surface area (Å²) in [5.41, 5.74) is 3.41. The van der Waals surface area contributed by atoms with Crippen LogP contribution in [-0.4, -0.2) is 92.6 Å². The van der Waals surface area contributed by atoms with Crippen molar-refractivity contribution in [3.63, 3.8) is 0 Å². The lowest BCUT2D eigenvalue weighted by Crippen LogP contribution is -2.39. The number of piperidine rings is 2. The fraction of sp³-hybridized carbons (Fsp3) is 0.674. The van der Waals surface area contributed by atoms with Crippen LogP contribution in [0.5, 0.6) is 0 Å². The number of nitrogens with one attached hydrogen (secondary N) is 1. The van der Waals surface area contributed by atoms with Crippen molar-refractivity contribution in [1.29, 1.82) is 0 Å². The Bertz CT molecular complexity index is 2460. The summed E-state index contributed by atoms with van der Waals surface area (Å²) in [4.78, 5) is 10.5. The van der Waals surface area contributed by atoms with Crippen LogP contribution < -0.4 is 5.32 Å². The van der Waals surface area contributed by atoms with Gasteiger partial charge in [-0.05, 0) is 125 Å². The molecule has 4 fully saturated rings. The maximum absolute atomic E-state index is 13.1. The summed E-state index contributed by atoms with van der Waals surface area (Å²) in [6.07, 6.45) is 9.27. The maximum Gasteiger partial charge on any atom is 0.211 e. The first-order valence-electron chi connectivity index (χ1n) is 21.2. The van der Waals surface area contributed by atoms with E-state index in [4.69, 9.17) is 9.97 Å². The summed E-state index contributed by atoms with van der Waals surface area (Å²) >= 11 is 0. The van der Waals surface area contributed by atoms with Crippen LogP contribution in [0.4, 0.5) is 0 Å². The smallest absolute Gasteiger partial charge is 0.211 e. The Morgan fingerprint density at radius 3 is 1.34 bits per heavy atom. The summed E-state index contributed by atoms with van der Waals surface area (Å²) in [6, 6.07) is 10.9. The minimum Gasteiger partial charge on any atom is -0.327 e. The van der Waals surface area contributed by atoms with E-state index < -0.39 is 29.7 Å². The molecule has 15 heteroatoms. The third kappa shape index (κ3) is 10.2. The zero-order valence-electron chi connectivity index (χ0n) is 35.5. The molecule has 0 unspecified atom stereocenters. The van der Waals surface area contributed by atoms with Crippen molar-refractivity contribution in [1.82, 2.24) is 28.7 Å². The standard InChI is InChI=1S/C22H33N3O4S2.C21H31N3O2S/c1-22(2,3)21-23-19-13-18(7-8-20(19)25(21)14-16-5-6-16)31(28,29)15-17-9-11-24(12-10-17)30(4,26)27;1-21(2,3)20-23-18-12-17(6-7-19(18)24(20)13-15-4-5-15)27(25,26)14-16-8-10-22-11-9-16/h7-8,13,16-17H,5-6,9-12,14-15H2,1-4H3;6-7,12,15-16,22H,4-5,8-11,13-14H2,1-3H3. The molecule has 0 bridgehead atoms. The molecule has 0 atom stereocenters. The zero-order chi connectivity index (χ0) is 41.8. The molecule has 0 spiro atoms. The Hall–Kier alpha value is -2.85. The summed E-state index contributed by atoms with van der Waals surface area (Å²) in [5.74, 6) is 4.00. The van der Waals surface area contributed by atoms with Gasteiger partial charge >= 0.3 is 0 Å². The van der Waals surface area contributed by atoms with E-state index in [2.05, 4.69) is 56.0 Å². The average Bonchev–Trinajstić information content (AvgIpc) is 4.06. The highest BCUT2D eigenvalue weighted by atomic mass is 32.2. The second-order valence-electron chi connectivity index (χ2n) is 19.6. The number of imidazole rings is 2. The first-order valence-corrected chi connectivity index (χ1v) is 26.4. The van der Waals surface area contributed by atoms with Crippen LogP contribution in [0.15, 0.2) is 46.2 Å². The van der Waals surface area contributed by atoms with Gasteiger partial charge in [0.25, 0.3) is 0 Å². The van der Waals surface area contributed by atoms with Crippen molar-refractivity contribution in [2.45, 2.75) is 127 Å². The SMILES string of the molecule is CC(C)(C)c1nc2cc(S(=O)(=O)CC3CCN(S(C)(=O)=O)CC3)ccc2n1CC1CC1.CC(C)(C)c1nc2cc(S(=O)(=O)CC3CCNCC3)ccc2n1CC1CC1. The third-order valence-corrected chi connectivity index (χ3v) is 17.3. The van der Waals surface area contributed by atoms with Crippen molar-refractivity contribution in [2.75, 3.05) is 43.9 Å².